The minimum Gasteiger partial charge on any atom is -0.495 e. The van der Waals surface area contributed by atoms with E-state index in [0.717, 1.165) is 42.6 Å². The molecule has 0 amide bonds. The van der Waals surface area contributed by atoms with Gasteiger partial charge in [-0.05, 0) is 30.2 Å². The Hall–Kier alpha value is -3.48. The quantitative estimate of drug-likeness (QED) is 0.489. The first kappa shape index (κ1) is 19.8. The van der Waals surface area contributed by atoms with Crippen molar-refractivity contribution in [3.8, 4) is 11.4 Å². The number of imidazole rings is 1. The van der Waals surface area contributed by atoms with Gasteiger partial charge in [0.1, 0.15) is 5.75 Å². The second-order valence-corrected chi connectivity index (χ2v) is 7.27. The Morgan fingerprint density at radius 3 is 2.73 bits per heavy atom. The maximum Gasteiger partial charge on any atom is 0.191 e. The lowest BCUT2D eigenvalue weighted by Crippen LogP contribution is -2.44. The molecule has 30 heavy (non-hydrogen) atoms. The van der Waals surface area contributed by atoms with E-state index in [1.807, 2.05) is 42.3 Å². The fraction of sp³-hybridized carbons (Fsp3) is 0.304. The number of aromatic nitrogens is 2. The molecule has 2 N–H and O–H groups in total. The average Bonchev–Trinajstić information content (AvgIpc) is 3.49. The van der Waals surface area contributed by atoms with E-state index in [1.165, 1.54) is 5.56 Å². The topological polar surface area (TPSA) is 66.7 Å². The third-order valence-corrected chi connectivity index (χ3v) is 5.40. The van der Waals surface area contributed by atoms with Gasteiger partial charge in [0.05, 0.1) is 24.8 Å². The SMILES string of the molecule is CN=C(NCc1ccccc1-n1ccnc1)NC1CCN(c2ccccc2OC)C1. The summed E-state index contributed by atoms with van der Waals surface area (Å²) in [6.45, 7) is 2.57. The number of anilines is 1. The van der Waals surface area contributed by atoms with Crippen molar-refractivity contribution in [3.05, 3.63) is 72.8 Å². The molecule has 1 aliphatic rings. The van der Waals surface area contributed by atoms with Crippen LogP contribution < -0.4 is 20.3 Å². The van der Waals surface area contributed by atoms with Crippen LogP contribution in [0.4, 0.5) is 5.69 Å². The smallest absolute Gasteiger partial charge is 0.191 e. The van der Waals surface area contributed by atoms with Crippen LogP contribution >= 0.6 is 0 Å². The van der Waals surface area contributed by atoms with Crippen molar-refractivity contribution in [3.63, 3.8) is 0 Å². The van der Waals surface area contributed by atoms with Crippen molar-refractivity contribution in [2.24, 2.45) is 4.99 Å². The molecule has 1 fully saturated rings. The van der Waals surface area contributed by atoms with Crippen LogP contribution in [0.3, 0.4) is 0 Å². The third kappa shape index (κ3) is 4.40. The summed E-state index contributed by atoms with van der Waals surface area (Å²) in [6.07, 6.45) is 6.61. The number of guanidine groups is 1. The molecule has 0 radical (unpaired) electrons. The number of nitrogens with one attached hydrogen (secondary N) is 2. The van der Waals surface area contributed by atoms with Gasteiger partial charge in [-0.2, -0.15) is 0 Å². The molecular formula is C23H28N6O. The zero-order valence-corrected chi connectivity index (χ0v) is 17.5. The highest BCUT2D eigenvalue weighted by atomic mass is 16.5. The highest BCUT2D eigenvalue weighted by Crippen LogP contribution is 2.30. The van der Waals surface area contributed by atoms with Crippen LogP contribution in [0.1, 0.15) is 12.0 Å². The Balaban J connectivity index is 1.37. The standard InChI is InChI=1S/C23H28N6O/c1-24-23(26-15-18-7-3-4-8-20(18)29-14-12-25-17-29)27-19-11-13-28(16-19)21-9-5-6-10-22(21)30-2/h3-10,12,14,17,19H,11,13,15-16H2,1-2H3,(H2,24,26,27). The predicted molar refractivity (Wildman–Crippen MR) is 121 cm³/mol. The van der Waals surface area contributed by atoms with Crippen molar-refractivity contribution in [1.82, 2.24) is 20.2 Å². The Morgan fingerprint density at radius 2 is 1.97 bits per heavy atom. The molecule has 1 saturated heterocycles. The summed E-state index contributed by atoms with van der Waals surface area (Å²) in [6, 6.07) is 16.8. The molecular weight excluding hydrogens is 376 g/mol. The Kier molecular flexibility index (Phi) is 6.17. The van der Waals surface area contributed by atoms with Gasteiger partial charge in [-0.15, -0.1) is 0 Å². The largest absolute Gasteiger partial charge is 0.495 e. The molecule has 2 aromatic carbocycles. The summed E-state index contributed by atoms with van der Waals surface area (Å²) in [5.74, 6) is 1.72. The first-order chi connectivity index (χ1) is 14.8. The van der Waals surface area contributed by atoms with E-state index >= 15 is 0 Å². The molecule has 0 spiro atoms. The molecule has 0 saturated carbocycles. The van der Waals surface area contributed by atoms with E-state index in [0.29, 0.717) is 12.6 Å². The second kappa shape index (κ2) is 9.35. The molecule has 0 aliphatic carbocycles. The van der Waals surface area contributed by atoms with Gasteiger partial charge in [-0.3, -0.25) is 4.99 Å². The Labute approximate surface area is 177 Å². The molecule has 156 valence electrons. The normalized spacial score (nSPS) is 16.5. The lowest BCUT2D eigenvalue weighted by molar-refractivity contribution is 0.415. The minimum absolute atomic E-state index is 0.324. The lowest BCUT2D eigenvalue weighted by Gasteiger charge is -2.22. The van der Waals surface area contributed by atoms with Gasteiger partial charge in [-0.25, -0.2) is 4.98 Å². The van der Waals surface area contributed by atoms with Gasteiger partial charge in [0.15, 0.2) is 5.96 Å². The Bertz CT molecular complexity index is 985. The van der Waals surface area contributed by atoms with E-state index in [4.69, 9.17) is 4.74 Å². The van der Waals surface area contributed by atoms with Gasteiger partial charge in [-0.1, -0.05) is 30.3 Å². The van der Waals surface area contributed by atoms with Crippen LogP contribution in [0.5, 0.6) is 5.75 Å². The van der Waals surface area contributed by atoms with Crippen molar-refractivity contribution in [1.29, 1.82) is 0 Å². The van der Waals surface area contributed by atoms with Gasteiger partial charge in [0.25, 0.3) is 0 Å². The summed E-state index contributed by atoms with van der Waals surface area (Å²) in [4.78, 5) is 10.9. The highest BCUT2D eigenvalue weighted by molar-refractivity contribution is 5.80. The van der Waals surface area contributed by atoms with Crippen molar-refractivity contribution in [2.45, 2.75) is 19.0 Å². The van der Waals surface area contributed by atoms with Crippen molar-refractivity contribution >= 4 is 11.6 Å². The maximum absolute atomic E-state index is 5.52. The van der Waals surface area contributed by atoms with E-state index < -0.39 is 0 Å². The number of hydrogen-bond donors (Lipinski definition) is 2. The Morgan fingerprint density at radius 1 is 1.17 bits per heavy atom. The van der Waals surface area contributed by atoms with Crippen LogP contribution in [0.25, 0.3) is 5.69 Å². The van der Waals surface area contributed by atoms with Crippen LogP contribution in [0.2, 0.25) is 0 Å². The summed E-state index contributed by atoms with van der Waals surface area (Å²) in [7, 11) is 3.53. The number of rotatable bonds is 6. The third-order valence-electron chi connectivity index (χ3n) is 5.40. The summed E-state index contributed by atoms with van der Waals surface area (Å²) < 4.78 is 7.54. The van der Waals surface area contributed by atoms with E-state index in [1.54, 1.807) is 13.3 Å². The van der Waals surface area contributed by atoms with E-state index in [-0.39, 0.29) is 0 Å². The molecule has 3 aromatic rings. The first-order valence-corrected chi connectivity index (χ1v) is 10.2. The number of para-hydroxylation sites is 3. The van der Waals surface area contributed by atoms with Crippen molar-refractivity contribution in [2.75, 3.05) is 32.1 Å². The molecule has 4 rings (SSSR count). The predicted octanol–water partition coefficient (Wildman–Crippen LogP) is 2.82. The highest BCUT2D eigenvalue weighted by Gasteiger charge is 2.25. The summed E-state index contributed by atoms with van der Waals surface area (Å²) in [5, 5.41) is 7.02. The molecule has 1 aromatic heterocycles. The molecule has 1 unspecified atom stereocenters. The van der Waals surface area contributed by atoms with Crippen molar-refractivity contribution < 1.29 is 4.74 Å². The number of hydrogen-bond acceptors (Lipinski definition) is 4. The number of ether oxygens (including phenoxy) is 1. The molecule has 2 heterocycles. The zero-order valence-electron chi connectivity index (χ0n) is 17.5. The molecule has 7 nitrogen and oxygen atoms in total. The van der Waals surface area contributed by atoms with Gasteiger partial charge in [0, 0.05) is 45.1 Å². The molecule has 1 aliphatic heterocycles. The summed E-state index contributed by atoms with van der Waals surface area (Å²) >= 11 is 0. The minimum atomic E-state index is 0.324. The van der Waals surface area contributed by atoms with Crippen LogP contribution in [-0.2, 0) is 6.54 Å². The van der Waals surface area contributed by atoms with Crippen LogP contribution in [0.15, 0.2) is 72.2 Å². The van der Waals surface area contributed by atoms with Gasteiger partial charge in [0.2, 0.25) is 0 Å². The van der Waals surface area contributed by atoms with Gasteiger partial charge >= 0.3 is 0 Å². The van der Waals surface area contributed by atoms with Crippen LogP contribution in [0, 0.1) is 0 Å². The molecule has 7 heteroatoms. The van der Waals surface area contributed by atoms with Gasteiger partial charge < -0.3 is 24.8 Å². The number of benzene rings is 2. The maximum atomic E-state index is 5.52. The fourth-order valence-electron chi connectivity index (χ4n) is 3.87. The zero-order chi connectivity index (χ0) is 20.8. The number of nitrogens with zero attached hydrogens (tertiary/aromatic N) is 4. The average molecular weight is 405 g/mol. The number of methoxy groups -OCH3 is 1. The fourth-order valence-corrected chi connectivity index (χ4v) is 3.87. The number of aliphatic imine (C=N–C) groups is 1. The first-order valence-electron chi connectivity index (χ1n) is 10.2. The molecule has 0 bridgehead atoms. The van der Waals surface area contributed by atoms with E-state index in [2.05, 4.69) is 55.8 Å². The second-order valence-electron chi connectivity index (χ2n) is 7.27. The van der Waals surface area contributed by atoms with Crippen LogP contribution in [-0.4, -0.2) is 48.8 Å². The lowest BCUT2D eigenvalue weighted by atomic mass is 10.1. The monoisotopic (exact) mass is 404 g/mol. The summed E-state index contributed by atoms with van der Waals surface area (Å²) in [5.41, 5.74) is 3.43. The molecule has 1 atom stereocenters. The van der Waals surface area contributed by atoms with E-state index in [9.17, 15) is 0 Å².